The van der Waals surface area contributed by atoms with Crippen LogP contribution in [0, 0.1) is 0 Å². The second-order valence-electron chi connectivity index (χ2n) is 7.02. The highest BCUT2D eigenvalue weighted by molar-refractivity contribution is 5.94. The zero-order valence-corrected chi connectivity index (χ0v) is 15.4. The number of hydrogen-bond donors (Lipinski definition) is 2. The summed E-state index contributed by atoms with van der Waals surface area (Å²) in [5, 5.41) is 16.7. The molecule has 7 heteroatoms. The van der Waals surface area contributed by atoms with E-state index in [1.807, 2.05) is 45.0 Å². The highest BCUT2D eigenvalue weighted by Gasteiger charge is 2.38. The predicted octanol–water partition coefficient (Wildman–Crippen LogP) is 3.65. The van der Waals surface area contributed by atoms with E-state index >= 15 is 0 Å². The van der Waals surface area contributed by atoms with E-state index in [2.05, 4.69) is 10.2 Å². The molecule has 26 heavy (non-hydrogen) atoms. The van der Waals surface area contributed by atoms with Gasteiger partial charge in [-0.2, -0.15) is 5.10 Å². The number of fused-ring (bicyclic) bond motifs is 1. The van der Waals surface area contributed by atoms with Gasteiger partial charge in [-0.15, -0.1) is 0 Å². The van der Waals surface area contributed by atoms with Gasteiger partial charge in [-0.3, -0.25) is 14.8 Å². The first kappa shape index (κ1) is 18.0. The predicted molar refractivity (Wildman–Crippen MR) is 99.0 cm³/mol. The lowest BCUT2D eigenvalue weighted by atomic mass is 9.88. The number of hydrogen-bond acceptors (Lipinski definition) is 3. The molecular weight excluding hydrogens is 332 g/mol. The summed E-state index contributed by atoms with van der Waals surface area (Å²) < 4.78 is 0. The molecule has 0 fully saturated rings. The van der Waals surface area contributed by atoms with Gasteiger partial charge in [0.05, 0.1) is 11.7 Å². The molecular formula is C19H24N4O3. The van der Waals surface area contributed by atoms with Gasteiger partial charge in [0.25, 0.3) is 0 Å². The Hall–Kier alpha value is -2.83. The Kier molecular flexibility index (Phi) is 4.71. The van der Waals surface area contributed by atoms with Crippen LogP contribution in [0.5, 0.6) is 0 Å². The maximum atomic E-state index is 12.2. The zero-order chi connectivity index (χ0) is 19.0. The average Bonchev–Trinajstić information content (AvgIpc) is 3.07. The van der Waals surface area contributed by atoms with Crippen molar-refractivity contribution in [2.45, 2.75) is 52.2 Å². The van der Waals surface area contributed by atoms with Gasteiger partial charge in [0.1, 0.15) is 0 Å². The van der Waals surface area contributed by atoms with Crippen molar-refractivity contribution in [2.75, 3.05) is 4.90 Å². The molecule has 138 valence electrons. The van der Waals surface area contributed by atoms with E-state index < -0.39 is 6.09 Å². The monoisotopic (exact) mass is 356 g/mol. The van der Waals surface area contributed by atoms with Gasteiger partial charge in [-0.25, -0.2) is 4.79 Å². The fourth-order valence-corrected chi connectivity index (χ4v) is 3.88. The average molecular weight is 356 g/mol. The summed E-state index contributed by atoms with van der Waals surface area (Å²) in [6.45, 7) is 7.24. The quantitative estimate of drug-likeness (QED) is 0.878. The molecule has 0 bridgehead atoms. The highest BCUT2D eigenvalue weighted by Crippen LogP contribution is 2.42. The van der Waals surface area contributed by atoms with Crippen LogP contribution < -0.4 is 4.90 Å². The van der Waals surface area contributed by atoms with Crippen molar-refractivity contribution >= 4 is 17.7 Å². The number of nitrogens with one attached hydrogen (secondary N) is 1. The lowest BCUT2D eigenvalue weighted by Gasteiger charge is -2.43. The van der Waals surface area contributed by atoms with E-state index in [9.17, 15) is 14.7 Å². The van der Waals surface area contributed by atoms with Crippen molar-refractivity contribution in [3.63, 3.8) is 0 Å². The zero-order valence-electron chi connectivity index (χ0n) is 15.4. The number of aromatic amines is 1. The van der Waals surface area contributed by atoms with Crippen LogP contribution in [0.4, 0.5) is 10.5 Å². The molecule has 2 heterocycles. The van der Waals surface area contributed by atoms with Crippen molar-refractivity contribution in [1.29, 1.82) is 0 Å². The van der Waals surface area contributed by atoms with Crippen LogP contribution in [-0.4, -0.2) is 44.3 Å². The molecule has 2 amide bonds. The summed E-state index contributed by atoms with van der Waals surface area (Å²) in [6, 6.07) is 7.10. The number of carbonyl (C=O) groups excluding carboxylic acids is 1. The molecule has 2 N–H and O–H groups in total. The Morgan fingerprint density at radius 1 is 1.35 bits per heavy atom. The minimum atomic E-state index is -0.952. The molecule has 2 aromatic rings. The smallest absolute Gasteiger partial charge is 0.408 e. The maximum absolute atomic E-state index is 12.2. The summed E-state index contributed by atoms with van der Waals surface area (Å²) in [5.74, 6) is -0.0436. The van der Waals surface area contributed by atoms with E-state index in [1.54, 1.807) is 18.0 Å². The summed E-state index contributed by atoms with van der Waals surface area (Å²) in [5.41, 5.74) is 3.39. The van der Waals surface area contributed by atoms with Crippen LogP contribution in [-0.2, 0) is 4.79 Å². The summed E-state index contributed by atoms with van der Waals surface area (Å²) in [6.07, 6.45) is 1.28. The second kappa shape index (κ2) is 6.82. The standard InChI is InChI=1S/C19H24N4O3/c1-11(2)22(19(25)26)18-9-12(3)23(13(4)24)17-6-5-14(10-15(17)18)16-7-8-20-21-16/h5-8,10-12,18H,9H2,1-4H3,(H,20,21)(H,25,26)/t12-,18+/m0/s1. The van der Waals surface area contributed by atoms with Crippen molar-refractivity contribution in [3.8, 4) is 11.3 Å². The van der Waals surface area contributed by atoms with Crippen LogP contribution in [0.1, 0.15) is 45.7 Å². The number of H-pyrrole nitrogens is 1. The van der Waals surface area contributed by atoms with E-state index in [0.29, 0.717) is 6.42 Å². The van der Waals surface area contributed by atoms with Crippen molar-refractivity contribution in [3.05, 3.63) is 36.0 Å². The van der Waals surface area contributed by atoms with Crippen LogP contribution in [0.15, 0.2) is 30.5 Å². The summed E-state index contributed by atoms with van der Waals surface area (Å²) >= 11 is 0. The first-order valence-corrected chi connectivity index (χ1v) is 8.76. The third-order valence-corrected chi connectivity index (χ3v) is 4.92. The molecule has 0 radical (unpaired) electrons. The van der Waals surface area contributed by atoms with Crippen molar-refractivity contribution < 1.29 is 14.7 Å². The fourth-order valence-electron chi connectivity index (χ4n) is 3.88. The third-order valence-electron chi connectivity index (χ3n) is 4.92. The van der Waals surface area contributed by atoms with Gasteiger partial charge in [-0.1, -0.05) is 6.07 Å². The molecule has 1 aromatic carbocycles. The molecule has 1 aromatic heterocycles. The molecule has 3 rings (SSSR count). The fraction of sp³-hybridized carbons (Fsp3) is 0.421. The highest BCUT2D eigenvalue weighted by atomic mass is 16.4. The van der Waals surface area contributed by atoms with Crippen molar-refractivity contribution in [1.82, 2.24) is 15.1 Å². The molecule has 1 aliphatic heterocycles. The van der Waals surface area contributed by atoms with Crippen molar-refractivity contribution in [2.24, 2.45) is 0 Å². The lowest BCUT2D eigenvalue weighted by molar-refractivity contribution is -0.117. The van der Waals surface area contributed by atoms with Gasteiger partial charge in [0, 0.05) is 36.5 Å². The first-order chi connectivity index (χ1) is 12.3. The first-order valence-electron chi connectivity index (χ1n) is 8.76. The Balaban J connectivity index is 2.17. The summed E-state index contributed by atoms with van der Waals surface area (Å²) in [4.78, 5) is 27.4. The van der Waals surface area contributed by atoms with E-state index in [0.717, 1.165) is 22.5 Å². The molecule has 1 aliphatic rings. The minimum Gasteiger partial charge on any atom is -0.465 e. The molecule has 0 saturated carbocycles. The van der Waals surface area contributed by atoms with Gasteiger partial charge < -0.3 is 10.0 Å². The molecule has 0 saturated heterocycles. The van der Waals surface area contributed by atoms with E-state index in [4.69, 9.17) is 0 Å². The van der Waals surface area contributed by atoms with Crippen LogP contribution in [0.2, 0.25) is 0 Å². The van der Waals surface area contributed by atoms with Gasteiger partial charge >= 0.3 is 6.09 Å². The Morgan fingerprint density at radius 2 is 2.08 bits per heavy atom. The van der Waals surface area contributed by atoms with E-state index in [1.165, 1.54) is 4.90 Å². The largest absolute Gasteiger partial charge is 0.465 e. The third kappa shape index (κ3) is 3.05. The molecule has 7 nitrogen and oxygen atoms in total. The number of anilines is 1. The Morgan fingerprint density at radius 3 is 2.62 bits per heavy atom. The van der Waals surface area contributed by atoms with Gasteiger partial charge in [0.2, 0.25) is 5.91 Å². The minimum absolute atomic E-state index is 0.0436. The lowest BCUT2D eigenvalue weighted by Crippen LogP contribution is -2.48. The summed E-state index contributed by atoms with van der Waals surface area (Å²) in [7, 11) is 0. The second-order valence-corrected chi connectivity index (χ2v) is 7.02. The number of rotatable bonds is 3. The number of benzene rings is 1. The Labute approximate surface area is 152 Å². The van der Waals surface area contributed by atoms with Crippen LogP contribution >= 0.6 is 0 Å². The van der Waals surface area contributed by atoms with Crippen LogP contribution in [0.25, 0.3) is 11.3 Å². The molecule has 0 spiro atoms. The number of nitrogens with zero attached hydrogens (tertiary/aromatic N) is 3. The van der Waals surface area contributed by atoms with E-state index in [-0.39, 0.29) is 24.0 Å². The number of aromatic nitrogens is 2. The number of carbonyl (C=O) groups is 2. The number of carboxylic acid groups (broad SMARTS) is 1. The molecule has 0 aliphatic carbocycles. The Bertz CT molecular complexity index is 816. The van der Waals surface area contributed by atoms with Gasteiger partial charge in [-0.05, 0) is 51.0 Å². The topological polar surface area (TPSA) is 89.5 Å². The molecule has 2 atom stereocenters. The van der Waals surface area contributed by atoms with Crippen LogP contribution in [0.3, 0.4) is 0 Å². The molecule has 0 unspecified atom stereocenters. The van der Waals surface area contributed by atoms with Gasteiger partial charge in [0.15, 0.2) is 0 Å². The maximum Gasteiger partial charge on any atom is 0.408 e. The SMILES string of the molecule is CC(=O)N1c2ccc(-c3ccn[nH]3)cc2[C@H](N(C(=O)O)C(C)C)C[C@@H]1C. The number of amides is 2. The normalized spacial score (nSPS) is 19.3.